The first kappa shape index (κ1) is 15.4. The molecule has 2 aliphatic heterocycles. The zero-order valence-electron chi connectivity index (χ0n) is 13.7. The van der Waals surface area contributed by atoms with Gasteiger partial charge in [0, 0.05) is 25.7 Å². The predicted octanol–water partition coefficient (Wildman–Crippen LogP) is 1.92. The Kier molecular flexibility index (Phi) is 4.14. The highest BCUT2D eigenvalue weighted by atomic mass is 16.5. The summed E-state index contributed by atoms with van der Waals surface area (Å²) in [5.74, 6) is 0.241. The number of aromatic amines is 1. The van der Waals surface area contributed by atoms with Crippen molar-refractivity contribution in [2.45, 2.75) is 31.7 Å². The number of H-pyrrole nitrogens is 1. The van der Waals surface area contributed by atoms with Gasteiger partial charge in [0.25, 0.3) is 0 Å². The second kappa shape index (κ2) is 6.43. The van der Waals surface area contributed by atoms with Gasteiger partial charge in [-0.05, 0) is 37.8 Å². The van der Waals surface area contributed by atoms with Crippen molar-refractivity contribution in [1.82, 2.24) is 14.5 Å². The van der Waals surface area contributed by atoms with Crippen molar-refractivity contribution in [2.75, 3.05) is 26.3 Å². The largest absolute Gasteiger partial charge is 0.381 e. The second-order valence-electron chi connectivity index (χ2n) is 6.79. The first-order valence-electron chi connectivity index (χ1n) is 8.80. The standard InChI is InChI=1S/C18H23N3O3/c22-17(13-4-3-11-24-12-13)20-9-7-14(8-10-20)21-16-6-2-1-5-15(16)19-18(21)23/h1-2,5-6,13-14H,3-4,7-12H2,(H,19,23). The van der Waals surface area contributed by atoms with E-state index >= 15 is 0 Å². The van der Waals surface area contributed by atoms with Crippen LogP contribution in [0.15, 0.2) is 29.1 Å². The fourth-order valence-corrected chi connectivity index (χ4v) is 3.97. The quantitative estimate of drug-likeness (QED) is 0.915. The number of hydrogen-bond acceptors (Lipinski definition) is 3. The lowest BCUT2D eigenvalue weighted by molar-refractivity contribution is -0.141. The minimum Gasteiger partial charge on any atom is -0.381 e. The maximum atomic E-state index is 12.6. The number of carbonyl (C=O) groups is 1. The Morgan fingerprint density at radius 1 is 1.17 bits per heavy atom. The monoisotopic (exact) mass is 329 g/mol. The number of carbonyl (C=O) groups excluding carboxylic acids is 1. The molecular weight excluding hydrogens is 306 g/mol. The maximum absolute atomic E-state index is 12.6. The number of ether oxygens (including phenoxy) is 1. The number of nitrogens with zero attached hydrogens (tertiary/aromatic N) is 2. The highest BCUT2D eigenvalue weighted by Crippen LogP contribution is 2.26. The molecule has 1 N–H and O–H groups in total. The molecule has 1 unspecified atom stereocenters. The van der Waals surface area contributed by atoms with Gasteiger partial charge in [-0.15, -0.1) is 0 Å². The maximum Gasteiger partial charge on any atom is 0.326 e. The number of amides is 1. The normalized spacial score (nSPS) is 22.8. The van der Waals surface area contributed by atoms with E-state index in [2.05, 4.69) is 4.98 Å². The van der Waals surface area contributed by atoms with Crippen LogP contribution in [-0.4, -0.2) is 46.7 Å². The fourth-order valence-electron chi connectivity index (χ4n) is 3.97. The summed E-state index contributed by atoms with van der Waals surface area (Å²) >= 11 is 0. The molecule has 0 bridgehead atoms. The summed E-state index contributed by atoms with van der Waals surface area (Å²) in [5, 5.41) is 0. The number of piperidine rings is 1. The summed E-state index contributed by atoms with van der Waals surface area (Å²) < 4.78 is 7.30. The van der Waals surface area contributed by atoms with Crippen molar-refractivity contribution in [3.63, 3.8) is 0 Å². The SMILES string of the molecule is O=C(C1CCCOC1)N1CCC(n2c(=O)[nH]c3ccccc32)CC1. The van der Waals surface area contributed by atoms with Crippen molar-refractivity contribution in [3.8, 4) is 0 Å². The molecule has 24 heavy (non-hydrogen) atoms. The molecule has 2 aromatic rings. The lowest BCUT2D eigenvalue weighted by atomic mass is 9.98. The molecular formula is C18H23N3O3. The van der Waals surface area contributed by atoms with Gasteiger partial charge in [-0.1, -0.05) is 12.1 Å². The third kappa shape index (κ3) is 2.75. The topological polar surface area (TPSA) is 67.3 Å². The van der Waals surface area contributed by atoms with Crippen molar-refractivity contribution >= 4 is 16.9 Å². The Labute approximate surface area is 140 Å². The zero-order chi connectivity index (χ0) is 16.5. The van der Waals surface area contributed by atoms with Gasteiger partial charge < -0.3 is 14.6 Å². The van der Waals surface area contributed by atoms with Crippen LogP contribution < -0.4 is 5.69 Å². The van der Waals surface area contributed by atoms with E-state index in [9.17, 15) is 9.59 Å². The van der Waals surface area contributed by atoms with Crippen molar-refractivity contribution in [2.24, 2.45) is 5.92 Å². The average molecular weight is 329 g/mol. The van der Waals surface area contributed by atoms with Gasteiger partial charge in [-0.2, -0.15) is 0 Å². The molecule has 1 aromatic heterocycles. The number of benzene rings is 1. The van der Waals surface area contributed by atoms with Crippen LogP contribution in [0.5, 0.6) is 0 Å². The van der Waals surface area contributed by atoms with E-state index in [1.807, 2.05) is 33.7 Å². The summed E-state index contributed by atoms with van der Waals surface area (Å²) in [6, 6.07) is 7.93. The van der Waals surface area contributed by atoms with Crippen LogP contribution in [0, 0.1) is 5.92 Å². The third-order valence-electron chi connectivity index (χ3n) is 5.27. The summed E-state index contributed by atoms with van der Waals surface area (Å²) in [7, 11) is 0. The molecule has 1 amide bonds. The van der Waals surface area contributed by atoms with Crippen molar-refractivity contribution in [1.29, 1.82) is 0 Å². The van der Waals surface area contributed by atoms with Gasteiger partial charge in [0.2, 0.25) is 5.91 Å². The van der Waals surface area contributed by atoms with Crippen LogP contribution in [0.3, 0.4) is 0 Å². The van der Waals surface area contributed by atoms with Crippen LogP contribution in [0.4, 0.5) is 0 Å². The molecule has 6 heteroatoms. The Bertz CT molecular complexity index is 780. The highest BCUT2D eigenvalue weighted by Gasteiger charge is 2.30. The molecule has 4 rings (SSSR count). The Morgan fingerprint density at radius 2 is 1.96 bits per heavy atom. The van der Waals surface area contributed by atoms with E-state index in [4.69, 9.17) is 4.74 Å². The summed E-state index contributed by atoms with van der Waals surface area (Å²) in [4.78, 5) is 29.8. The van der Waals surface area contributed by atoms with Gasteiger partial charge in [0.05, 0.1) is 23.6 Å². The van der Waals surface area contributed by atoms with E-state index in [0.717, 1.165) is 43.3 Å². The molecule has 0 aliphatic carbocycles. The number of para-hydroxylation sites is 2. The van der Waals surface area contributed by atoms with Crippen molar-refractivity contribution < 1.29 is 9.53 Å². The Balaban J connectivity index is 1.46. The number of rotatable bonds is 2. The Morgan fingerprint density at radius 3 is 2.71 bits per heavy atom. The van der Waals surface area contributed by atoms with E-state index < -0.39 is 0 Å². The van der Waals surface area contributed by atoms with Crippen LogP contribution in [-0.2, 0) is 9.53 Å². The van der Waals surface area contributed by atoms with Gasteiger partial charge in [0.15, 0.2) is 0 Å². The molecule has 2 saturated heterocycles. The molecule has 1 aromatic carbocycles. The van der Waals surface area contributed by atoms with E-state index in [-0.39, 0.29) is 23.6 Å². The van der Waals surface area contributed by atoms with Crippen LogP contribution in [0.1, 0.15) is 31.7 Å². The fraction of sp³-hybridized carbons (Fsp3) is 0.556. The predicted molar refractivity (Wildman–Crippen MR) is 91.0 cm³/mol. The lowest BCUT2D eigenvalue weighted by Gasteiger charge is -2.35. The first-order valence-corrected chi connectivity index (χ1v) is 8.80. The minimum atomic E-state index is -0.0540. The molecule has 0 radical (unpaired) electrons. The van der Waals surface area contributed by atoms with E-state index in [1.54, 1.807) is 0 Å². The molecule has 2 fully saturated rings. The number of nitrogens with one attached hydrogen (secondary N) is 1. The van der Waals surface area contributed by atoms with Crippen LogP contribution in [0.2, 0.25) is 0 Å². The molecule has 3 heterocycles. The number of imidazole rings is 1. The molecule has 1 atom stereocenters. The summed E-state index contributed by atoms with van der Waals surface area (Å²) in [6.45, 7) is 2.76. The van der Waals surface area contributed by atoms with Gasteiger partial charge in [-0.3, -0.25) is 9.36 Å². The van der Waals surface area contributed by atoms with Crippen molar-refractivity contribution in [3.05, 3.63) is 34.7 Å². The molecule has 0 saturated carbocycles. The van der Waals surface area contributed by atoms with Gasteiger partial charge in [-0.25, -0.2) is 4.79 Å². The molecule has 2 aliphatic rings. The summed E-state index contributed by atoms with van der Waals surface area (Å²) in [5.41, 5.74) is 1.77. The number of fused-ring (bicyclic) bond motifs is 1. The zero-order valence-corrected chi connectivity index (χ0v) is 13.7. The Hall–Kier alpha value is -2.08. The average Bonchev–Trinajstić information content (AvgIpc) is 2.98. The van der Waals surface area contributed by atoms with Crippen LogP contribution >= 0.6 is 0 Å². The molecule has 128 valence electrons. The number of aromatic nitrogens is 2. The molecule has 6 nitrogen and oxygen atoms in total. The first-order chi connectivity index (χ1) is 11.7. The second-order valence-corrected chi connectivity index (χ2v) is 6.79. The van der Waals surface area contributed by atoms with E-state index in [0.29, 0.717) is 19.7 Å². The third-order valence-corrected chi connectivity index (χ3v) is 5.27. The summed E-state index contributed by atoms with van der Waals surface area (Å²) in [6.07, 6.45) is 3.54. The smallest absolute Gasteiger partial charge is 0.326 e. The van der Waals surface area contributed by atoms with Gasteiger partial charge in [0.1, 0.15) is 0 Å². The number of hydrogen-bond donors (Lipinski definition) is 1. The molecule has 0 spiro atoms. The van der Waals surface area contributed by atoms with Gasteiger partial charge >= 0.3 is 5.69 Å². The number of likely N-dealkylation sites (tertiary alicyclic amines) is 1. The van der Waals surface area contributed by atoms with Crippen LogP contribution in [0.25, 0.3) is 11.0 Å². The van der Waals surface area contributed by atoms with E-state index in [1.165, 1.54) is 0 Å². The minimum absolute atomic E-state index is 0.0195. The lowest BCUT2D eigenvalue weighted by Crippen LogP contribution is -2.44. The highest BCUT2D eigenvalue weighted by molar-refractivity contribution is 5.79.